The van der Waals surface area contributed by atoms with Crippen LogP contribution in [-0.4, -0.2) is 42.0 Å². The summed E-state index contributed by atoms with van der Waals surface area (Å²) in [5.41, 5.74) is 4.72. The number of nitrogens with zero attached hydrogens (tertiary/aromatic N) is 1. The summed E-state index contributed by atoms with van der Waals surface area (Å²) in [6, 6.07) is 0. The summed E-state index contributed by atoms with van der Waals surface area (Å²) in [5, 5.41) is 8.82. The second-order valence-corrected chi connectivity index (χ2v) is 2.41. The molecule has 0 fully saturated rings. The molecule has 0 aromatic rings. The van der Waals surface area contributed by atoms with Crippen LogP contribution in [0, 0.1) is 0 Å². The monoisotopic (exact) mass is 160 g/mol. The Kier molecular flexibility index (Phi) is 3.53. The Balaban J connectivity index is 3.85. The van der Waals surface area contributed by atoms with E-state index in [1.807, 2.05) is 0 Å². The van der Waals surface area contributed by atoms with Gasteiger partial charge in [-0.1, -0.05) is 0 Å². The maximum absolute atomic E-state index is 10.8. The summed E-state index contributed by atoms with van der Waals surface area (Å²) in [7, 11) is 3.08. The first-order valence-corrected chi connectivity index (χ1v) is 3.12. The number of aliphatic hydroxyl groups is 1. The van der Waals surface area contributed by atoms with E-state index in [1.54, 1.807) is 0 Å². The summed E-state index contributed by atoms with van der Waals surface area (Å²) in [6.07, 6.45) is -1.62. The number of primary amides is 1. The van der Waals surface area contributed by atoms with Crippen molar-refractivity contribution in [2.45, 2.75) is 12.5 Å². The zero-order valence-corrected chi connectivity index (χ0v) is 6.57. The van der Waals surface area contributed by atoms with E-state index in [-0.39, 0.29) is 12.3 Å². The van der Waals surface area contributed by atoms with Gasteiger partial charge in [0.15, 0.2) is 0 Å². The van der Waals surface area contributed by atoms with E-state index in [2.05, 4.69) is 0 Å². The molecule has 5 nitrogen and oxygen atoms in total. The van der Waals surface area contributed by atoms with Gasteiger partial charge in [-0.2, -0.15) is 0 Å². The number of rotatable bonds is 3. The smallest absolute Gasteiger partial charge is 0.246 e. The van der Waals surface area contributed by atoms with Gasteiger partial charge in [0.05, 0.1) is 6.42 Å². The molecule has 3 N–H and O–H groups in total. The number of hydrogen-bond acceptors (Lipinski definition) is 3. The highest BCUT2D eigenvalue weighted by molar-refractivity contribution is 5.86. The van der Waals surface area contributed by atoms with E-state index >= 15 is 0 Å². The Morgan fingerprint density at radius 3 is 2.27 bits per heavy atom. The first-order chi connectivity index (χ1) is 4.95. The number of carbonyl (C=O) groups excluding carboxylic acids is 2. The second kappa shape index (κ2) is 3.92. The van der Waals surface area contributed by atoms with Gasteiger partial charge in [-0.25, -0.2) is 0 Å². The molecular weight excluding hydrogens is 148 g/mol. The molecule has 0 saturated heterocycles. The fourth-order valence-electron chi connectivity index (χ4n) is 0.449. The molecule has 5 heteroatoms. The lowest BCUT2D eigenvalue weighted by Gasteiger charge is -2.11. The molecule has 0 spiro atoms. The number of aliphatic hydroxyl groups excluding tert-OH is 1. The van der Waals surface area contributed by atoms with Gasteiger partial charge in [-0.3, -0.25) is 9.59 Å². The molecule has 0 rings (SSSR count). The van der Waals surface area contributed by atoms with Crippen molar-refractivity contribution in [2.75, 3.05) is 14.1 Å². The first-order valence-electron chi connectivity index (χ1n) is 3.12. The lowest BCUT2D eigenvalue weighted by Crippen LogP contribution is -2.34. The van der Waals surface area contributed by atoms with Crippen molar-refractivity contribution >= 4 is 11.8 Å². The summed E-state index contributed by atoms with van der Waals surface area (Å²) < 4.78 is 0. The minimum absolute atomic E-state index is 0.248. The molecule has 0 aliphatic rings. The van der Waals surface area contributed by atoms with Crippen LogP contribution < -0.4 is 5.73 Å². The van der Waals surface area contributed by atoms with Gasteiger partial charge in [0.25, 0.3) is 0 Å². The minimum Gasteiger partial charge on any atom is -0.383 e. The molecule has 0 aromatic carbocycles. The third-order valence-electron chi connectivity index (χ3n) is 1.20. The van der Waals surface area contributed by atoms with Gasteiger partial charge in [-0.15, -0.1) is 0 Å². The molecule has 11 heavy (non-hydrogen) atoms. The van der Waals surface area contributed by atoms with Crippen LogP contribution in [0.5, 0.6) is 0 Å². The predicted octanol–water partition coefficient (Wildman–Crippen LogP) is -1.69. The highest BCUT2D eigenvalue weighted by Gasteiger charge is 2.16. The van der Waals surface area contributed by atoms with Crippen LogP contribution in [0.25, 0.3) is 0 Å². The molecule has 2 amide bonds. The molecule has 64 valence electrons. The zero-order valence-electron chi connectivity index (χ0n) is 6.57. The summed E-state index contributed by atoms with van der Waals surface area (Å²) in [6.45, 7) is 0. The Hall–Kier alpha value is -1.10. The van der Waals surface area contributed by atoms with Crippen molar-refractivity contribution in [3.05, 3.63) is 0 Å². The average Bonchev–Trinajstić information content (AvgIpc) is 1.87. The third-order valence-corrected chi connectivity index (χ3v) is 1.20. The van der Waals surface area contributed by atoms with Crippen molar-refractivity contribution in [2.24, 2.45) is 5.73 Å². The lowest BCUT2D eigenvalue weighted by molar-refractivity contribution is -0.136. The van der Waals surface area contributed by atoms with Crippen molar-refractivity contribution in [1.29, 1.82) is 0 Å². The maximum Gasteiger partial charge on any atom is 0.246 e. The quantitative estimate of drug-likeness (QED) is 0.516. The average molecular weight is 160 g/mol. The van der Waals surface area contributed by atoms with Crippen LogP contribution in [0.15, 0.2) is 0 Å². The van der Waals surface area contributed by atoms with Crippen LogP contribution in [-0.2, 0) is 9.59 Å². The van der Waals surface area contributed by atoms with Gasteiger partial charge in [-0.05, 0) is 0 Å². The number of carbonyl (C=O) groups is 2. The first kappa shape index (κ1) is 9.90. The maximum atomic E-state index is 10.8. The third kappa shape index (κ3) is 3.57. The summed E-state index contributed by atoms with van der Waals surface area (Å²) in [5.74, 6) is -1.20. The van der Waals surface area contributed by atoms with Gasteiger partial charge >= 0.3 is 0 Å². The highest BCUT2D eigenvalue weighted by atomic mass is 16.3. The van der Waals surface area contributed by atoms with Crippen LogP contribution in [0.2, 0.25) is 0 Å². The zero-order chi connectivity index (χ0) is 9.02. The number of amides is 2. The van der Waals surface area contributed by atoms with Gasteiger partial charge in [0, 0.05) is 14.1 Å². The molecule has 0 aliphatic carbocycles. The Morgan fingerprint density at radius 1 is 1.55 bits per heavy atom. The van der Waals surface area contributed by atoms with E-state index in [0.29, 0.717) is 0 Å². The summed E-state index contributed by atoms with van der Waals surface area (Å²) >= 11 is 0. The van der Waals surface area contributed by atoms with Crippen LogP contribution in [0.1, 0.15) is 6.42 Å². The van der Waals surface area contributed by atoms with E-state index in [4.69, 9.17) is 10.8 Å². The lowest BCUT2D eigenvalue weighted by atomic mass is 10.2. The molecule has 0 radical (unpaired) electrons. The second-order valence-electron chi connectivity index (χ2n) is 2.41. The van der Waals surface area contributed by atoms with Crippen LogP contribution >= 0.6 is 0 Å². The Bertz CT molecular complexity index is 167. The van der Waals surface area contributed by atoms with E-state index in [1.165, 1.54) is 19.0 Å². The van der Waals surface area contributed by atoms with Crippen molar-refractivity contribution in [3.63, 3.8) is 0 Å². The molecule has 0 heterocycles. The van der Waals surface area contributed by atoms with Crippen molar-refractivity contribution in [3.8, 4) is 0 Å². The standard InChI is InChI=1S/C6H12N2O3/c1-8(2)5(10)3-4(9)6(7)11/h4,9H,3H2,1-2H3,(H2,7,11)/t4-/m0/s1. The molecular formula is C6H12N2O3. The number of hydrogen-bond donors (Lipinski definition) is 2. The molecule has 0 unspecified atom stereocenters. The van der Waals surface area contributed by atoms with E-state index in [9.17, 15) is 9.59 Å². The van der Waals surface area contributed by atoms with Crippen molar-refractivity contribution in [1.82, 2.24) is 4.90 Å². The van der Waals surface area contributed by atoms with Crippen LogP contribution in [0.4, 0.5) is 0 Å². The minimum atomic E-state index is -1.37. The largest absolute Gasteiger partial charge is 0.383 e. The van der Waals surface area contributed by atoms with Gasteiger partial charge in [0.2, 0.25) is 11.8 Å². The van der Waals surface area contributed by atoms with Gasteiger partial charge in [0.1, 0.15) is 6.10 Å². The highest BCUT2D eigenvalue weighted by Crippen LogP contribution is 1.93. The molecule has 0 saturated carbocycles. The fraction of sp³-hybridized carbons (Fsp3) is 0.667. The predicted molar refractivity (Wildman–Crippen MR) is 38.5 cm³/mol. The molecule has 0 bridgehead atoms. The Morgan fingerprint density at radius 2 is 2.00 bits per heavy atom. The Labute approximate surface area is 64.8 Å². The SMILES string of the molecule is CN(C)C(=O)C[C@H](O)C(N)=O. The van der Waals surface area contributed by atoms with E-state index in [0.717, 1.165) is 0 Å². The summed E-state index contributed by atoms with van der Waals surface area (Å²) in [4.78, 5) is 22.4. The van der Waals surface area contributed by atoms with E-state index < -0.39 is 12.0 Å². The van der Waals surface area contributed by atoms with Gasteiger partial charge < -0.3 is 15.7 Å². The normalized spacial score (nSPS) is 12.3. The topological polar surface area (TPSA) is 83.6 Å². The number of nitrogens with two attached hydrogens (primary N) is 1. The molecule has 0 aliphatic heterocycles. The van der Waals surface area contributed by atoms with Crippen LogP contribution in [0.3, 0.4) is 0 Å². The fourth-order valence-corrected chi connectivity index (χ4v) is 0.449. The molecule has 0 aromatic heterocycles. The molecule has 1 atom stereocenters. The van der Waals surface area contributed by atoms with Crippen molar-refractivity contribution < 1.29 is 14.7 Å².